The Hall–Kier alpha value is -1.88. The number of hydrogen-bond acceptors (Lipinski definition) is 3. The molecule has 5 nitrogen and oxygen atoms in total. The monoisotopic (exact) mass is 289 g/mol. The normalized spacial score (nSPS) is 15.6. The van der Waals surface area contributed by atoms with E-state index in [1.807, 2.05) is 23.1 Å². The molecule has 1 fully saturated rings. The van der Waals surface area contributed by atoms with Crippen molar-refractivity contribution in [3.8, 4) is 0 Å². The summed E-state index contributed by atoms with van der Waals surface area (Å²) in [6, 6.07) is 10.3. The maximum absolute atomic E-state index is 11.7. The van der Waals surface area contributed by atoms with E-state index in [1.165, 1.54) is 5.56 Å². The Morgan fingerprint density at radius 1 is 1.05 bits per heavy atom. The van der Waals surface area contributed by atoms with Gasteiger partial charge in [0.1, 0.15) is 0 Å². The predicted octanol–water partition coefficient (Wildman–Crippen LogP) is 0.512. The van der Waals surface area contributed by atoms with Gasteiger partial charge in [-0.1, -0.05) is 30.3 Å². The second kappa shape index (κ2) is 6.72. The van der Waals surface area contributed by atoms with Crippen molar-refractivity contribution < 1.29 is 9.59 Å². The molecule has 1 aromatic carbocycles. The van der Waals surface area contributed by atoms with Crippen LogP contribution < -0.4 is 10.6 Å². The number of rotatable bonds is 7. The third-order valence-corrected chi connectivity index (χ3v) is 4.06. The van der Waals surface area contributed by atoms with Gasteiger partial charge in [-0.3, -0.25) is 14.5 Å². The zero-order chi connectivity index (χ0) is 15.3. The van der Waals surface area contributed by atoms with E-state index >= 15 is 0 Å². The van der Waals surface area contributed by atoms with Crippen molar-refractivity contribution in [2.45, 2.75) is 18.3 Å². The zero-order valence-electron chi connectivity index (χ0n) is 12.7. The van der Waals surface area contributed by atoms with Crippen molar-refractivity contribution in [2.24, 2.45) is 0 Å². The molecule has 0 aromatic heterocycles. The van der Waals surface area contributed by atoms with E-state index < -0.39 is 0 Å². The molecular formula is C16H23N3O2. The number of nitrogens with one attached hydrogen (secondary N) is 2. The lowest BCUT2D eigenvalue weighted by Crippen LogP contribution is -2.44. The fourth-order valence-electron chi connectivity index (χ4n) is 2.64. The highest BCUT2D eigenvalue weighted by Gasteiger charge is 2.45. The summed E-state index contributed by atoms with van der Waals surface area (Å²) in [6.07, 6.45) is 2.21. The van der Waals surface area contributed by atoms with Gasteiger partial charge in [0.05, 0.1) is 13.1 Å². The molecule has 1 saturated carbocycles. The van der Waals surface area contributed by atoms with Crippen molar-refractivity contribution in [3.63, 3.8) is 0 Å². The van der Waals surface area contributed by atoms with E-state index in [0.717, 1.165) is 19.4 Å². The summed E-state index contributed by atoms with van der Waals surface area (Å²) in [4.78, 5) is 25.2. The molecule has 0 bridgehead atoms. The number of carbonyl (C=O) groups is 2. The first-order valence-corrected chi connectivity index (χ1v) is 7.29. The van der Waals surface area contributed by atoms with E-state index in [0.29, 0.717) is 0 Å². The van der Waals surface area contributed by atoms with E-state index in [4.69, 9.17) is 0 Å². The van der Waals surface area contributed by atoms with Crippen LogP contribution in [-0.4, -0.2) is 50.4 Å². The molecule has 1 aliphatic carbocycles. The Morgan fingerprint density at radius 3 is 2.00 bits per heavy atom. The number of likely N-dealkylation sites (N-methyl/N-ethyl adjacent to an activating group) is 2. The van der Waals surface area contributed by atoms with Crippen LogP contribution in [-0.2, 0) is 15.0 Å². The highest BCUT2D eigenvalue weighted by molar-refractivity contribution is 5.80. The second-order valence-electron chi connectivity index (χ2n) is 5.64. The molecule has 0 spiro atoms. The molecule has 1 aromatic rings. The van der Waals surface area contributed by atoms with E-state index in [9.17, 15) is 9.59 Å². The fourth-order valence-corrected chi connectivity index (χ4v) is 2.64. The number of hydrogen-bond donors (Lipinski definition) is 2. The molecule has 21 heavy (non-hydrogen) atoms. The Labute approximate surface area is 125 Å². The summed E-state index contributed by atoms with van der Waals surface area (Å²) < 4.78 is 0. The quantitative estimate of drug-likeness (QED) is 0.769. The SMILES string of the molecule is CNC(=O)CN(CC(=O)NC)CC1(c2ccccc2)CC1. The molecular weight excluding hydrogens is 266 g/mol. The second-order valence-corrected chi connectivity index (χ2v) is 5.64. The van der Waals surface area contributed by atoms with Crippen LogP contribution in [0.25, 0.3) is 0 Å². The Balaban J connectivity index is 2.07. The van der Waals surface area contributed by atoms with E-state index in [-0.39, 0.29) is 30.3 Å². The smallest absolute Gasteiger partial charge is 0.233 e. The lowest BCUT2D eigenvalue weighted by Gasteiger charge is -2.26. The average molecular weight is 289 g/mol. The Bertz CT molecular complexity index is 480. The molecule has 0 atom stereocenters. The molecule has 0 saturated heterocycles. The molecule has 2 N–H and O–H groups in total. The molecule has 2 rings (SSSR count). The van der Waals surface area contributed by atoms with Gasteiger partial charge in [-0.2, -0.15) is 0 Å². The average Bonchev–Trinajstić information content (AvgIpc) is 3.28. The third kappa shape index (κ3) is 4.04. The highest BCUT2D eigenvalue weighted by Crippen LogP contribution is 2.48. The van der Waals surface area contributed by atoms with Gasteiger partial charge in [0, 0.05) is 26.1 Å². The molecule has 1 aliphatic rings. The maximum Gasteiger partial charge on any atom is 0.233 e. The van der Waals surface area contributed by atoms with E-state index in [2.05, 4.69) is 22.8 Å². The molecule has 2 amide bonds. The van der Waals surface area contributed by atoms with Gasteiger partial charge in [-0.05, 0) is 18.4 Å². The summed E-state index contributed by atoms with van der Waals surface area (Å²) >= 11 is 0. The molecule has 0 unspecified atom stereocenters. The van der Waals surface area contributed by atoms with Crippen LogP contribution in [0.15, 0.2) is 30.3 Å². The lowest BCUT2D eigenvalue weighted by atomic mass is 9.95. The van der Waals surface area contributed by atoms with Crippen molar-refractivity contribution in [2.75, 3.05) is 33.7 Å². The number of amides is 2. The largest absolute Gasteiger partial charge is 0.358 e. The first-order chi connectivity index (χ1) is 10.1. The van der Waals surface area contributed by atoms with Gasteiger partial charge in [0.2, 0.25) is 11.8 Å². The van der Waals surface area contributed by atoms with Crippen LogP contribution in [0.2, 0.25) is 0 Å². The summed E-state index contributed by atoms with van der Waals surface area (Å²) in [5.41, 5.74) is 1.40. The third-order valence-electron chi connectivity index (χ3n) is 4.06. The topological polar surface area (TPSA) is 61.4 Å². The van der Waals surface area contributed by atoms with Gasteiger partial charge in [0.25, 0.3) is 0 Å². The molecule has 0 aliphatic heterocycles. The summed E-state index contributed by atoms with van der Waals surface area (Å²) in [5.74, 6) is -0.134. The first kappa shape index (κ1) is 15.5. The molecule has 0 heterocycles. The van der Waals surface area contributed by atoms with Crippen LogP contribution in [0.4, 0.5) is 0 Å². The summed E-state index contributed by atoms with van der Waals surface area (Å²) in [7, 11) is 3.23. The number of carbonyl (C=O) groups excluding carboxylic acids is 2. The van der Waals surface area contributed by atoms with Crippen LogP contribution in [0.3, 0.4) is 0 Å². The summed E-state index contributed by atoms with van der Waals surface area (Å²) in [5, 5.41) is 5.24. The van der Waals surface area contributed by atoms with Crippen molar-refractivity contribution in [1.29, 1.82) is 0 Å². The molecule has 114 valence electrons. The minimum absolute atomic E-state index is 0.0669. The van der Waals surface area contributed by atoms with Gasteiger partial charge in [0.15, 0.2) is 0 Å². The lowest BCUT2D eigenvalue weighted by molar-refractivity contribution is -0.124. The van der Waals surface area contributed by atoms with Crippen molar-refractivity contribution >= 4 is 11.8 Å². The van der Waals surface area contributed by atoms with Gasteiger partial charge in [-0.15, -0.1) is 0 Å². The van der Waals surface area contributed by atoms with Crippen LogP contribution in [0.5, 0.6) is 0 Å². The standard InChI is InChI=1S/C16H23N3O2/c1-17-14(20)10-19(11-15(21)18-2)12-16(8-9-16)13-6-4-3-5-7-13/h3-7H,8-12H2,1-2H3,(H,17,20)(H,18,21). The predicted molar refractivity (Wildman–Crippen MR) is 81.9 cm³/mol. The maximum atomic E-state index is 11.7. The zero-order valence-corrected chi connectivity index (χ0v) is 12.7. The van der Waals surface area contributed by atoms with Crippen molar-refractivity contribution in [1.82, 2.24) is 15.5 Å². The van der Waals surface area contributed by atoms with Gasteiger partial charge >= 0.3 is 0 Å². The molecule has 0 radical (unpaired) electrons. The minimum atomic E-state index is -0.0669. The number of nitrogens with zero attached hydrogens (tertiary/aromatic N) is 1. The van der Waals surface area contributed by atoms with Crippen molar-refractivity contribution in [3.05, 3.63) is 35.9 Å². The Kier molecular flexibility index (Phi) is 4.96. The van der Waals surface area contributed by atoms with E-state index in [1.54, 1.807) is 14.1 Å². The molecule has 5 heteroatoms. The van der Waals surface area contributed by atoms with Crippen LogP contribution >= 0.6 is 0 Å². The Morgan fingerprint density at radius 2 is 1.57 bits per heavy atom. The van der Waals surface area contributed by atoms with Crippen LogP contribution in [0, 0.1) is 0 Å². The van der Waals surface area contributed by atoms with Gasteiger partial charge < -0.3 is 10.6 Å². The first-order valence-electron chi connectivity index (χ1n) is 7.29. The minimum Gasteiger partial charge on any atom is -0.358 e. The van der Waals surface area contributed by atoms with Crippen LogP contribution in [0.1, 0.15) is 18.4 Å². The highest BCUT2D eigenvalue weighted by atomic mass is 16.2. The number of benzene rings is 1. The van der Waals surface area contributed by atoms with Gasteiger partial charge in [-0.25, -0.2) is 0 Å². The summed E-state index contributed by atoms with van der Waals surface area (Å²) in [6.45, 7) is 1.23. The fraction of sp³-hybridized carbons (Fsp3) is 0.500.